The third-order valence-electron chi connectivity index (χ3n) is 3.33. The average Bonchev–Trinajstić information content (AvgIpc) is 2.48. The summed E-state index contributed by atoms with van der Waals surface area (Å²) < 4.78 is 0. The van der Waals surface area contributed by atoms with Crippen LogP contribution >= 0.6 is 0 Å². The maximum atomic E-state index is 5.58. The van der Waals surface area contributed by atoms with E-state index in [1.165, 1.54) is 0 Å². The van der Waals surface area contributed by atoms with E-state index < -0.39 is 0 Å². The first-order valence-electron chi connectivity index (χ1n) is 6.70. The molecule has 0 radical (unpaired) electrons. The number of anilines is 3. The number of nitrogens with two attached hydrogens (primary N) is 2. The summed E-state index contributed by atoms with van der Waals surface area (Å²) in [5.74, 6) is 1.84. The molecule has 3 rings (SSSR count). The molecule has 0 aliphatic carbocycles. The van der Waals surface area contributed by atoms with E-state index >= 15 is 0 Å². The number of piperazine rings is 1. The number of nitrogen functional groups attached to an aromatic ring is 2. The lowest BCUT2D eigenvalue weighted by Crippen LogP contribution is -2.46. The maximum Gasteiger partial charge on any atom is 0.225 e. The second-order valence-electron chi connectivity index (χ2n) is 4.79. The van der Waals surface area contributed by atoms with E-state index in [0.717, 1.165) is 32.0 Å². The molecule has 1 fully saturated rings. The molecule has 1 saturated heterocycles. The maximum absolute atomic E-state index is 5.58. The topological polar surface area (TPSA) is 123 Å². The molecule has 0 amide bonds. The fourth-order valence-corrected chi connectivity index (χ4v) is 2.32. The van der Waals surface area contributed by atoms with E-state index in [0.29, 0.717) is 12.4 Å². The van der Waals surface area contributed by atoms with E-state index in [-0.39, 0.29) is 11.9 Å². The molecule has 1 aliphatic rings. The SMILES string of the molecule is Nc1nc(N)nc(CN2CCN(c3cnccn3)CC2)n1. The molecule has 9 heteroatoms. The van der Waals surface area contributed by atoms with Crippen LogP contribution in [0.15, 0.2) is 18.6 Å². The molecule has 0 saturated carbocycles. The molecule has 9 nitrogen and oxygen atoms in total. The number of aromatic nitrogens is 5. The zero-order chi connectivity index (χ0) is 14.7. The highest BCUT2D eigenvalue weighted by Gasteiger charge is 2.19. The van der Waals surface area contributed by atoms with Gasteiger partial charge in [-0.25, -0.2) is 4.98 Å². The second-order valence-corrected chi connectivity index (χ2v) is 4.79. The predicted octanol–water partition coefficient (Wildman–Crippen LogP) is -0.852. The molecule has 2 aromatic heterocycles. The molecule has 3 heterocycles. The summed E-state index contributed by atoms with van der Waals surface area (Å²) in [6, 6.07) is 0. The van der Waals surface area contributed by atoms with E-state index in [1.54, 1.807) is 18.6 Å². The van der Waals surface area contributed by atoms with Crippen molar-refractivity contribution in [3.8, 4) is 0 Å². The zero-order valence-electron chi connectivity index (χ0n) is 11.6. The standard InChI is InChI=1S/C12H17N9/c13-11-17-9(18-12(14)19-11)8-20-3-5-21(6-4-20)10-7-15-1-2-16-10/h1-2,7H,3-6,8H2,(H4,13,14,17,18,19). The molecule has 110 valence electrons. The van der Waals surface area contributed by atoms with Crippen LogP contribution in [0.4, 0.5) is 17.7 Å². The highest BCUT2D eigenvalue weighted by atomic mass is 15.3. The fourth-order valence-electron chi connectivity index (χ4n) is 2.32. The summed E-state index contributed by atoms with van der Waals surface area (Å²) in [6.45, 7) is 4.17. The van der Waals surface area contributed by atoms with Gasteiger partial charge in [-0.05, 0) is 0 Å². The average molecular weight is 287 g/mol. The summed E-state index contributed by atoms with van der Waals surface area (Å²) >= 11 is 0. The Hall–Kier alpha value is -2.55. The summed E-state index contributed by atoms with van der Waals surface area (Å²) in [4.78, 5) is 24.8. The van der Waals surface area contributed by atoms with Gasteiger partial charge in [-0.1, -0.05) is 0 Å². The van der Waals surface area contributed by atoms with Crippen molar-refractivity contribution in [3.05, 3.63) is 24.4 Å². The largest absolute Gasteiger partial charge is 0.368 e. The smallest absolute Gasteiger partial charge is 0.225 e. The quantitative estimate of drug-likeness (QED) is 0.742. The van der Waals surface area contributed by atoms with Gasteiger partial charge in [-0.2, -0.15) is 15.0 Å². The number of hydrogen-bond acceptors (Lipinski definition) is 9. The monoisotopic (exact) mass is 287 g/mol. The van der Waals surface area contributed by atoms with Crippen LogP contribution < -0.4 is 16.4 Å². The van der Waals surface area contributed by atoms with Gasteiger partial charge in [0.15, 0.2) is 0 Å². The summed E-state index contributed by atoms with van der Waals surface area (Å²) in [6.07, 6.45) is 5.16. The lowest BCUT2D eigenvalue weighted by atomic mass is 10.3. The van der Waals surface area contributed by atoms with Crippen LogP contribution in [0, 0.1) is 0 Å². The Labute approximate surface area is 122 Å². The van der Waals surface area contributed by atoms with Gasteiger partial charge in [0.05, 0.1) is 12.7 Å². The van der Waals surface area contributed by atoms with Crippen LogP contribution in [0.1, 0.15) is 5.82 Å². The molecule has 0 aromatic carbocycles. The van der Waals surface area contributed by atoms with Crippen molar-refractivity contribution in [2.45, 2.75) is 6.54 Å². The molecule has 0 atom stereocenters. The first-order valence-corrected chi connectivity index (χ1v) is 6.70. The van der Waals surface area contributed by atoms with Gasteiger partial charge in [-0.3, -0.25) is 9.88 Å². The van der Waals surface area contributed by atoms with Gasteiger partial charge >= 0.3 is 0 Å². The first kappa shape index (κ1) is 13.4. The van der Waals surface area contributed by atoms with Gasteiger partial charge < -0.3 is 16.4 Å². The molecule has 0 unspecified atom stereocenters. The summed E-state index contributed by atoms with van der Waals surface area (Å²) in [5.41, 5.74) is 11.2. The Morgan fingerprint density at radius 2 is 1.67 bits per heavy atom. The molecular formula is C12H17N9. The van der Waals surface area contributed by atoms with Crippen LogP contribution in [0.25, 0.3) is 0 Å². The van der Waals surface area contributed by atoms with Crippen LogP contribution in [0.3, 0.4) is 0 Å². The van der Waals surface area contributed by atoms with Crippen LogP contribution in [-0.2, 0) is 6.54 Å². The lowest BCUT2D eigenvalue weighted by Gasteiger charge is -2.34. The first-order chi connectivity index (χ1) is 10.2. The van der Waals surface area contributed by atoms with Crippen molar-refractivity contribution >= 4 is 17.7 Å². The lowest BCUT2D eigenvalue weighted by molar-refractivity contribution is 0.243. The Morgan fingerprint density at radius 3 is 2.29 bits per heavy atom. The fraction of sp³-hybridized carbons (Fsp3) is 0.417. The summed E-state index contributed by atoms with van der Waals surface area (Å²) in [7, 11) is 0. The van der Waals surface area contributed by atoms with E-state index in [2.05, 4.69) is 34.7 Å². The van der Waals surface area contributed by atoms with Crippen LogP contribution in [-0.4, -0.2) is 56.0 Å². The number of nitrogens with zero attached hydrogens (tertiary/aromatic N) is 7. The van der Waals surface area contributed by atoms with Gasteiger partial charge in [-0.15, -0.1) is 0 Å². The van der Waals surface area contributed by atoms with Gasteiger partial charge in [0.2, 0.25) is 11.9 Å². The van der Waals surface area contributed by atoms with Crippen molar-refractivity contribution in [1.29, 1.82) is 0 Å². The van der Waals surface area contributed by atoms with Crippen molar-refractivity contribution in [3.63, 3.8) is 0 Å². The molecule has 21 heavy (non-hydrogen) atoms. The predicted molar refractivity (Wildman–Crippen MR) is 78.2 cm³/mol. The van der Waals surface area contributed by atoms with E-state index in [9.17, 15) is 0 Å². The van der Waals surface area contributed by atoms with Crippen LogP contribution in [0.2, 0.25) is 0 Å². The van der Waals surface area contributed by atoms with Crippen molar-refractivity contribution in [1.82, 2.24) is 29.8 Å². The van der Waals surface area contributed by atoms with Crippen LogP contribution in [0.5, 0.6) is 0 Å². The summed E-state index contributed by atoms with van der Waals surface area (Å²) in [5, 5.41) is 0. The minimum Gasteiger partial charge on any atom is -0.368 e. The highest BCUT2D eigenvalue weighted by Crippen LogP contribution is 2.12. The third kappa shape index (κ3) is 3.31. The Bertz CT molecular complexity index is 575. The van der Waals surface area contributed by atoms with E-state index in [4.69, 9.17) is 11.5 Å². The Balaban J connectivity index is 1.58. The molecule has 0 bridgehead atoms. The van der Waals surface area contributed by atoms with Gasteiger partial charge in [0.25, 0.3) is 0 Å². The molecule has 0 spiro atoms. The van der Waals surface area contributed by atoms with Gasteiger partial charge in [0.1, 0.15) is 11.6 Å². The number of hydrogen-bond donors (Lipinski definition) is 2. The minimum absolute atomic E-state index is 0.163. The number of rotatable bonds is 3. The molecular weight excluding hydrogens is 270 g/mol. The molecule has 4 N–H and O–H groups in total. The Kier molecular flexibility index (Phi) is 3.73. The zero-order valence-corrected chi connectivity index (χ0v) is 11.6. The van der Waals surface area contributed by atoms with Crippen molar-refractivity contribution < 1.29 is 0 Å². The molecule has 1 aliphatic heterocycles. The second kappa shape index (κ2) is 5.83. The highest BCUT2D eigenvalue weighted by molar-refractivity contribution is 5.35. The molecule has 2 aromatic rings. The van der Waals surface area contributed by atoms with E-state index in [1.807, 2.05) is 0 Å². The van der Waals surface area contributed by atoms with Crippen molar-refractivity contribution in [2.24, 2.45) is 0 Å². The van der Waals surface area contributed by atoms with Gasteiger partial charge in [0, 0.05) is 38.6 Å². The minimum atomic E-state index is 0.163. The normalized spacial score (nSPS) is 16.1. The Morgan fingerprint density at radius 1 is 0.952 bits per heavy atom. The van der Waals surface area contributed by atoms with Crippen molar-refractivity contribution in [2.75, 3.05) is 42.5 Å². The third-order valence-corrected chi connectivity index (χ3v) is 3.33.